The number of amides is 2. The van der Waals surface area contributed by atoms with Crippen LogP contribution in [0.2, 0.25) is 10.0 Å². The van der Waals surface area contributed by atoms with Gasteiger partial charge in [0.05, 0.1) is 24.5 Å². The summed E-state index contributed by atoms with van der Waals surface area (Å²) in [5, 5.41) is 15.2. The Kier molecular flexibility index (Phi) is 5.92. The van der Waals surface area contributed by atoms with Crippen molar-refractivity contribution in [1.82, 2.24) is 40.2 Å². The number of aromatic nitrogens is 6. The van der Waals surface area contributed by atoms with E-state index in [-0.39, 0.29) is 19.1 Å². The molecule has 0 saturated heterocycles. The van der Waals surface area contributed by atoms with Crippen LogP contribution in [-0.4, -0.2) is 35.6 Å². The molecule has 11 heteroatoms. The average Bonchev–Trinajstić information content (AvgIpc) is 3.41. The molecule has 152 valence electrons. The highest BCUT2D eigenvalue weighted by molar-refractivity contribution is 6.30. The third-order valence-corrected chi connectivity index (χ3v) is 4.70. The van der Waals surface area contributed by atoms with E-state index in [1.54, 1.807) is 33.6 Å². The summed E-state index contributed by atoms with van der Waals surface area (Å²) in [7, 11) is 0. The van der Waals surface area contributed by atoms with Gasteiger partial charge in [-0.05, 0) is 48.5 Å². The second-order valence-electron chi connectivity index (χ2n) is 6.17. The van der Waals surface area contributed by atoms with E-state index in [2.05, 4.69) is 30.8 Å². The highest BCUT2D eigenvalue weighted by atomic mass is 35.5. The molecule has 9 nitrogen and oxygen atoms in total. The zero-order valence-electron chi connectivity index (χ0n) is 15.5. The lowest BCUT2D eigenvalue weighted by Crippen LogP contribution is -2.35. The zero-order chi connectivity index (χ0) is 20.9. The summed E-state index contributed by atoms with van der Waals surface area (Å²) in [5.41, 5.74) is 1.59. The quantitative estimate of drug-likeness (QED) is 0.477. The summed E-state index contributed by atoms with van der Waals surface area (Å²) >= 11 is 11.8. The van der Waals surface area contributed by atoms with Crippen LogP contribution in [0.5, 0.6) is 0 Å². The van der Waals surface area contributed by atoms with Crippen molar-refractivity contribution in [1.29, 1.82) is 0 Å². The zero-order valence-corrected chi connectivity index (χ0v) is 17.0. The van der Waals surface area contributed by atoms with E-state index in [9.17, 15) is 4.79 Å². The number of urea groups is 1. The fourth-order valence-electron chi connectivity index (χ4n) is 2.75. The number of hydrogen-bond donors (Lipinski definition) is 2. The normalized spacial score (nSPS) is 10.7. The van der Waals surface area contributed by atoms with Crippen molar-refractivity contribution in [2.45, 2.75) is 13.1 Å². The fourth-order valence-corrected chi connectivity index (χ4v) is 3.00. The van der Waals surface area contributed by atoms with Crippen LogP contribution in [0.3, 0.4) is 0 Å². The summed E-state index contributed by atoms with van der Waals surface area (Å²) in [6.45, 7) is 0.386. The molecule has 0 unspecified atom stereocenters. The molecule has 0 bridgehead atoms. The highest BCUT2D eigenvalue weighted by Crippen LogP contribution is 2.14. The van der Waals surface area contributed by atoms with E-state index < -0.39 is 0 Å². The molecule has 0 atom stereocenters. The predicted octanol–water partition coefficient (Wildman–Crippen LogP) is 3.15. The smallest absolute Gasteiger partial charge is 0.315 e. The third-order valence-electron chi connectivity index (χ3n) is 4.19. The Bertz CT molecular complexity index is 1050. The Hall–Kier alpha value is -3.43. The first-order chi connectivity index (χ1) is 14.6. The number of rotatable bonds is 6. The number of carbonyl (C=O) groups excluding carboxylic acids is 1. The van der Waals surface area contributed by atoms with Crippen molar-refractivity contribution >= 4 is 29.2 Å². The van der Waals surface area contributed by atoms with Gasteiger partial charge in [0, 0.05) is 10.0 Å². The lowest BCUT2D eigenvalue weighted by atomic mass is 10.3. The number of nitrogens with zero attached hydrogens (tertiary/aromatic N) is 6. The fraction of sp³-hybridized carbons (Fsp3) is 0.105. The van der Waals surface area contributed by atoms with Gasteiger partial charge in [0.25, 0.3) is 0 Å². The number of nitrogens with one attached hydrogen (secondary N) is 2. The first-order valence-corrected chi connectivity index (χ1v) is 9.67. The maximum atomic E-state index is 12.2. The minimum Gasteiger partial charge on any atom is -0.331 e. The molecule has 0 fully saturated rings. The molecular weight excluding hydrogens is 427 g/mol. The first-order valence-electron chi connectivity index (χ1n) is 8.91. The molecule has 4 rings (SSSR count). The molecule has 2 N–H and O–H groups in total. The molecule has 2 aromatic carbocycles. The van der Waals surface area contributed by atoms with Gasteiger partial charge in [-0.25, -0.2) is 24.1 Å². The molecule has 30 heavy (non-hydrogen) atoms. The molecule has 0 aliphatic carbocycles. The Balaban J connectivity index is 1.35. The second kappa shape index (κ2) is 8.93. The van der Waals surface area contributed by atoms with Gasteiger partial charge in [-0.2, -0.15) is 10.2 Å². The molecule has 0 radical (unpaired) electrons. The van der Waals surface area contributed by atoms with Crippen LogP contribution >= 0.6 is 23.2 Å². The second-order valence-corrected chi connectivity index (χ2v) is 7.04. The summed E-state index contributed by atoms with van der Waals surface area (Å²) in [6, 6.07) is 14.0. The van der Waals surface area contributed by atoms with Gasteiger partial charge < -0.3 is 10.6 Å². The van der Waals surface area contributed by atoms with Crippen molar-refractivity contribution in [3.8, 4) is 11.4 Å². The number of carbonyl (C=O) groups is 1. The Morgan fingerprint density at radius 1 is 0.733 bits per heavy atom. The van der Waals surface area contributed by atoms with Crippen molar-refractivity contribution < 1.29 is 4.79 Å². The van der Waals surface area contributed by atoms with Crippen LogP contribution in [0.4, 0.5) is 4.79 Å². The Labute approximate surface area is 181 Å². The van der Waals surface area contributed by atoms with Crippen molar-refractivity contribution in [3.63, 3.8) is 0 Å². The maximum Gasteiger partial charge on any atom is 0.315 e. The summed E-state index contributed by atoms with van der Waals surface area (Å²) in [5.74, 6) is 1.16. The van der Waals surface area contributed by atoms with E-state index in [1.165, 1.54) is 12.7 Å². The van der Waals surface area contributed by atoms with Gasteiger partial charge in [-0.1, -0.05) is 23.2 Å². The predicted molar refractivity (Wildman–Crippen MR) is 112 cm³/mol. The third kappa shape index (κ3) is 4.58. The van der Waals surface area contributed by atoms with Gasteiger partial charge in [0.1, 0.15) is 12.7 Å². The average molecular weight is 443 g/mol. The van der Waals surface area contributed by atoms with Crippen LogP contribution in [-0.2, 0) is 13.1 Å². The van der Waals surface area contributed by atoms with Crippen molar-refractivity contribution in [2.24, 2.45) is 0 Å². The van der Waals surface area contributed by atoms with E-state index in [1.807, 2.05) is 24.3 Å². The van der Waals surface area contributed by atoms with Gasteiger partial charge in [0.2, 0.25) is 0 Å². The van der Waals surface area contributed by atoms with Crippen LogP contribution in [0.25, 0.3) is 11.4 Å². The summed E-state index contributed by atoms with van der Waals surface area (Å²) in [6.07, 6.45) is 2.86. The molecule has 0 aliphatic rings. The minimum atomic E-state index is -0.369. The number of benzene rings is 2. The molecule has 0 saturated carbocycles. The highest BCUT2D eigenvalue weighted by Gasteiger charge is 2.11. The first kappa shape index (κ1) is 19.9. The summed E-state index contributed by atoms with van der Waals surface area (Å²) in [4.78, 5) is 20.6. The lowest BCUT2D eigenvalue weighted by molar-refractivity contribution is 0.239. The van der Waals surface area contributed by atoms with Crippen LogP contribution in [0, 0.1) is 0 Å². The Morgan fingerprint density at radius 2 is 1.13 bits per heavy atom. The van der Waals surface area contributed by atoms with Gasteiger partial charge in [-0.15, -0.1) is 0 Å². The van der Waals surface area contributed by atoms with Crippen LogP contribution in [0.15, 0.2) is 61.2 Å². The van der Waals surface area contributed by atoms with Crippen LogP contribution in [0.1, 0.15) is 11.6 Å². The van der Waals surface area contributed by atoms with Crippen molar-refractivity contribution in [3.05, 3.63) is 82.9 Å². The van der Waals surface area contributed by atoms with Gasteiger partial charge >= 0.3 is 6.03 Å². The van der Waals surface area contributed by atoms with Gasteiger partial charge in [0.15, 0.2) is 11.6 Å². The largest absolute Gasteiger partial charge is 0.331 e. The Morgan fingerprint density at radius 3 is 1.53 bits per heavy atom. The SMILES string of the molecule is O=C(NCc1ncnn1-c1ccc(Cl)cc1)NCc1ncnn1-c1ccc(Cl)cc1. The van der Waals surface area contributed by atoms with Gasteiger partial charge in [-0.3, -0.25) is 0 Å². The van der Waals surface area contributed by atoms with Crippen molar-refractivity contribution in [2.75, 3.05) is 0 Å². The molecular formula is C19H16Cl2N8O. The van der Waals surface area contributed by atoms with E-state index in [4.69, 9.17) is 23.2 Å². The molecule has 0 spiro atoms. The minimum absolute atomic E-state index is 0.193. The molecule has 0 aliphatic heterocycles. The molecule has 2 heterocycles. The standard InChI is InChI=1S/C19H16Cl2N8O/c20-13-1-5-15(6-2-13)28-17(24-11-26-28)9-22-19(30)23-10-18-25-12-27-29(18)16-7-3-14(21)4-8-16/h1-8,11-12H,9-10H2,(H2,22,23,30). The number of hydrogen-bond acceptors (Lipinski definition) is 5. The van der Waals surface area contributed by atoms with E-state index >= 15 is 0 Å². The van der Waals surface area contributed by atoms with E-state index in [0.717, 1.165) is 11.4 Å². The van der Waals surface area contributed by atoms with E-state index in [0.29, 0.717) is 21.7 Å². The molecule has 2 amide bonds. The monoisotopic (exact) mass is 442 g/mol. The molecule has 4 aromatic rings. The summed E-state index contributed by atoms with van der Waals surface area (Å²) < 4.78 is 3.27. The lowest BCUT2D eigenvalue weighted by Gasteiger charge is -2.10. The number of halogens is 2. The topological polar surface area (TPSA) is 103 Å². The molecule has 2 aromatic heterocycles. The maximum absolute atomic E-state index is 12.2. The van der Waals surface area contributed by atoms with Crippen LogP contribution < -0.4 is 10.6 Å².